The Kier molecular flexibility index (Phi) is 5.20. The van der Waals surface area contributed by atoms with Crippen LogP contribution < -0.4 is 5.73 Å². The molecular formula is C15H30N2O. The molecule has 0 aromatic heterocycles. The Morgan fingerprint density at radius 3 is 2.33 bits per heavy atom. The summed E-state index contributed by atoms with van der Waals surface area (Å²) in [6.07, 6.45) is 3.48. The molecule has 0 aliphatic carbocycles. The summed E-state index contributed by atoms with van der Waals surface area (Å²) in [6.45, 7) is 12.4. The minimum Gasteiger partial charge on any atom is -0.341 e. The molecule has 18 heavy (non-hydrogen) atoms. The highest BCUT2D eigenvalue weighted by atomic mass is 16.2. The third kappa shape index (κ3) is 3.98. The van der Waals surface area contributed by atoms with Gasteiger partial charge in [-0.3, -0.25) is 4.79 Å². The monoisotopic (exact) mass is 254 g/mol. The van der Waals surface area contributed by atoms with Crippen LogP contribution in [-0.2, 0) is 4.79 Å². The Balaban J connectivity index is 2.60. The molecule has 1 heterocycles. The fraction of sp³-hybridized carbons (Fsp3) is 0.933. The van der Waals surface area contributed by atoms with E-state index in [-0.39, 0.29) is 17.4 Å². The van der Waals surface area contributed by atoms with Crippen LogP contribution in [0.4, 0.5) is 0 Å². The number of likely N-dealkylation sites (tertiary alicyclic amines) is 1. The van der Waals surface area contributed by atoms with Gasteiger partial charge in [-0.15, -0.1) is 0 Å². The molecule has 3 nitrogen and oxygen atoms in total. The van der Waals surface area contributed by atoms with Crippen molar-refractivity contribution in [3.63, 3.8) is 0 Å². The van der Waals surface area contributed by atoms with Gasteiger partial charge in [-0.1, -0.05) is 34.6 Å². The van der Waals surface area contributed by atoms with E-state index in [2.05, 4.69) is 13.8 Å². The minimum atomic E-state index is -0.381. The van der Waals surface area contributed by atoms with Gasteiger partial charge in [-0.05, 0) is 36.5 Å². The smallest absolute Gasteiger partial charge is 0.240 e. The van der Waals surface area contributed by atoms with Crippen LogP contribution in [0.15, 0.2) is 0 Å². The van der Waals surface area contributed by atoms with Gasteiger partial charge in [-0.2, -0.15) is 0 Å². The van der Waals surface area contributed by atoms with Crippen molar-refractivity contribution >= 4 is 5.91 Å². The highest BCUT2D eigenvalue weighted by molar-refractivity contribution is 5.82. The van der Waals surface area contributed by atoms with E-state index in [0.29, 0.717) is 0 Å². The van der Waals surface area contributed by atoms with Gasteiger partial charge in [0.05, 0.1) is 6.04 Å². The molecule has 0 spiro atoms. The number of carbonyl (C=O) groups is 1. The summed E-state index contributed by atoms with van der Waals surface area (Å²) in [4.78, 5) is 14.4. The topological polar surface area (TPSA) is 46.3 Å². The van der Waals surface area contributed by atoms with Crippen molar-refractivity contribution in [1.29, 1.82) is 0 Å². The van der Waals surface area contributed by atoms with Crippen LogP contribution in [0.5, 0.6) is 0 Å². The average Bonchev–Trinajstić information content (AvgIpc) is 2.51. The van der Waals surface area contributed by atoms with Crippen molar-refractivity contribution in [2.45, 2.75) is 59.9 Å². The molecule has 0 saturated carbocycles. The second-order valence-corrected chi connectivity index (χ2v) is 7.10. The molecule has 2 atom stereocenters. The van der Waals surface area contributed by atoms with Gasteiger partial charge in [0.2, 0.25) is 5.91 Å². The fourth-order valence-electron chi connectivity index (χ4n) is 2.58. The van der Waals surface area contributed by atoms with E-state index in [0.717, 1.165) is 37.8 Å². The Bertz CT molecular complexity index is 281. The summed E-state index contributed by atoms with van der Waals surface area (Å²) in [5, 5.41) is 0. The Morgan fingerprint density at radius 2 is 1.83 bits per heavy atom. The summed E-state index contributed by atoms with van der Waals surface area (Å²) < 4.78 is 0. The first-order chi connectivity index (χ1) is 8.23. The predicted octanol–water partition coefficient (Wildman–Crippen LogP) is 2.64. The lowest BCUT2D eigenvalue weighted by Crippen LogP contribution is -2.50. The van der Waals surface area contributed by atoms with Crippen molar-refractivity contribution in [1.82, 2.24) is 4.90 Å². The Hall–Kier alpha value is -0.570. The molecule has 1 fully saturated rings. The van der Waals surface area contributed by atoms with Crippen LogP contribution in [0, 0.1) is 17.3 Å². The van der Waals surface area contributed by atoms with Crippen molar-refractivity contribution in [2.24, 2.45) is 23.0 Å². The van der Waals surface area contributed by atoms with Gasteiger partial charge in [0, 0.05) is 13.1 Å². The number of hydrogen-bond donors (Lipinski definition) is 1. The molecule has 1 saturated heterocycles. The summed E-state index contributed by atoms with van der Waals surface area (Å²) in [6, 6.07) is -0.381. The molecule has 1 amide bonds. The van der Waals surface area contributed by atoms with Crippen LogP contribution in [0.1, 0.15) is 53.9 Å². The lowest BCUT2D eigenvalue weighted by molar-refractivity contribution is -0.134. The Labute approximate surface area is 112 Å². The molecule has 2 unspecified atom stereocenters. The van der Waals surface area contributed by atoms with Gasteiger partial charge in [0.25, 0.3) is 0 Å². The molecule has 1 aliphatic rings. The standard InChI is InChI=1S/C15H30N2O/c1-11(2)12-7-6-9-17(10-8-12)14(18)13(16)15(3,4)5/h11-13H,6-10,16H2,1-5H3. The van der Waals surface area contributed by atoms with Crippen molar-refractivity contribution in [3.8, 4) is 0 Å². The third-order valence-electron chi connectivity index (χ3n) is 4.23. The fourth-order valence-corrected chi connectivity index (χ4v) is 2.58. The molecule has 0 bridgehead atoms. The largest absolute Gasteiger partial charge is 0.341 e. The molecule has 0 aromatic carbocycles. The van der Waals surface area contributed by atoms with Crippen molar-refractivity contribution in [3.05, 3.63) is 0 Å². The molecule has 2 N–H and O–H groups in total. The molecule has 0 aromatic rings. The highest BCUT2D eigenvalue weighted by Gasteiger charge is 2.32. The van der Waals surface area contributed by atoms with E-state index in [9.17, 15) is 4.79 Å². The summed E-state index contributed by atoms with van der Waals surface area (Å²) in [5.74, 6) is 1.61. The first-order valence-corrected chi connectivity index (χ1v) is 7.28. The van der Waals surface area contributed by atoms with Gasteiger partial charge < -0.3 is 10.6 Å². The second-order valence-electron chi connectivity index (χ2n) is 7.10. The van der Waals surface area contributed by atoms with E-state index in [4.69, 9.17) is 5.73 Å². The zero-order chi connectivity index (χ0) is 13.9. The number of hydrogen-bond acceptors (Lipinski definition) is 2. The number of rotatable bonds is 2. The number of nitrogens with two attached hydrogens (primary N) is 1. The SMILES string of the molecule is CC(C)C1CCCN(C(=O)C(N)C(C)(C)C)CC1. The van der Waals surface area contributed by atoms with Crippen molar-refractivity contribution in [2.75, 3.05) is 13.1 Å². The van der Waals surface area contributed by atoms with Gasteiger partial charge >= 0.3 is 0 Å². The molecule has 1 rings (SSSR count). The van der Waals surface area contributed by atoms with Crippen LogP contribution >= 0.6 is 0 Å². The first-order valence-electron chi connectivity index (χ1n) is 7.28. The molecular weight excluding hydrogens is 224 g/mol. The molecule has 106 valence electrons. The molecule has 1 aliphatic heterocycles. The van der Waals surface area contributed by atoms with Gasteiger partial charge in [0.15, 0.2) is 0 Å². The van der Waals surface area contributed by atoms with E-state index in [1.807, 2.05) is 25.7 Å². The second kappa shape index (κ2) is 6.05. The number of nitrogens with zero attached hydrogens (tertiary/aromatic N) is 1. The minimum absolute atomic E-state index is 0.131. The van der Waals surface area contributed by atoms with Crippen LogP contribution in [0.3, 0.4) is 0 Å². The lowest BCUT2D eigenvalue weighted by Gasteiger charge is -2.31. The highest BCUT2D eigenvalue weighted by Crippen LogP contribution is 2.26. The van der Waals surface area contributed by atoms with Crippen LogP contribution in [0.25, 0.3) is 0 Å². The molecule has 3 heteroatoms. The summed E-state index contributed by atoms with van der Waals surface area (Å²) in [5.41, 5.74) is 5.93. The average molecular weight is 254 g/mol. The number of carbonyl (C=O) groups excluding carboxylic acids is 1. The van der Waals surface area contributed by atoms with E-state index < -0.39 is 0 Å². The lowest BCUT2D eigenvalue weighted by atomic mass is 9.86. The van der Waals surface area contributed by atoms with E-state index in [1.165, 1.54) is 6.42 Å². The van der Waals surface area contributed by atoms with E-state index in [1.54, 1.807) is 0 Å². The summed E-state index contributed by atoms with van der Waals surface area (Å²) in [7, 11) is 0. The Morgan fingerprint density at radius 1 is 1.22 bits per heavy atom. The number of amides is 1. The van der Waals surface area contributed by atoms with Gasteiger partial charge in [-0.25, -0.2) is 0 Å². The third-order valence-corrected chi connectivity index (χ3v) is 4.23. The summed E-state index contributed by atoms with van der Waals surface area (Å²) >= 11 is 0. The first kappa shape index (κ1) is 15.5. The zero-order valence-electron chi connectivity index (χ0n) is 12.7. The quantitative estimate of drug-likeness (QED) is 0.823. The zero-order valence-corrected chi connectivity index (χ0v) is 12.7. The van der Waals surface area contributed by atoms with Gasteiger partial charge in [0.1, 0.15) is 0 Å². The maximum atomic E-state index is 12.4. The maximum Gasteiger partial charge on any atom is 0.240 e. The maximum absolute atomic E-state index is 12.4. The van der Waals surface area contributed by atoms with Crippen molar-refractivity contribution < 1.29 is 4.79 Å². The van der Waals surface area contributed by atoms with Crippen LogP contribution in [-0.4, -0.2) is 29.9 Å². The van der Waals surface area contributed by atoms with E-state index >= 15 is 0 Å². The van der Waals surface area contributed by atoms with Crippen LogP contribution in [0.2, 0.25) is 0 Å². The molecule has 0 radical (unpaired) electrons. The normalized spacial score (nSPS) is 23.9. The predicted molar refractivity (Wildman–Crippen MR) is 76.2 cm³/mol.